The fourth-order valence-corrected chi connectivity index (χ4v) is 1.84. The van der Waals surface area contributed by atoms with Crippen molar-refractivity contribution in [2.45, 2.75) is 6.92 Å². The van der Waals surface area contributed by atoms with E-state index in [2.05, 4.69) is 9.97 Å². The van der Waals surface area contributed by atoms with Crippen molar-refractivity contribution in [3.05, 3.63) is 29.7 Å². The van der Waals surface area contributed by atoms with Crippen molar-refractivity contribution >= 4 is 6.29 Å². The van der Waals surface area contributed by atoms with E-state index >= 15 is 0 Å². The van der Waals surface area contributed by atoms with Gasteiger partial charge in [0.1, 0.15) is 5.69 Å². The van der Waals surface area contributed by atoms with Gasteiger partial charge in [-0.3, -0.25) is 4.79 Å². The van der Waals surface area contributed by atoms with Crippen LogP contribution in [0.3, 0.4) is 0 Å². The van der Waals surface area contributed by atoms with Crippen molar-refractivity contribution < 1.29 is 14.3 Å². The SMILES string of the molecule is COc1cc(C)c(-c2nc[nH]c2C=O)cc1OC. The number of nitrogens with zero attached hydrogens (tertiary/aromatic N) is 1. The fraction of sp³-hybridized carbons (Fsp3) is 0.231. The Balaban J connectivity index is 2.61. The van der Waals surface area contributed by atoms with Gasteiger partial charge in [0.15, 0.2) is 17.8 Å². The Morgan fingerprint density at radius 2 is 1.89 bits per heavy atom. The standard InChI is InChI=1S/C13H14N2O3/c1-8-4-11(17-2)12(18-3)5-9(8)13-10(6-16)14-7-15-13/h4-7H,1-3H3,(H,14,15). The first kappa shape index (κ1) is 12.2. The minimum absolute atomic E-state index is 0.449. The number of hydrogen-bond donors (Lipinski definition) is 1. The molecular weight excluding hydrogens is 232 g/mol. The molecule has 5 heteroatoms. The number of methoxy groups -OCH3 is 2. The zero-order valence-electron chi connectivity index (χ0n) is 10.5. The van der Waals surface area contributed by atoms with E-state index in [-0.39, 0.29) is 0 Å². The average molecular weight is 246 g/mol. The molecule has 0 spiro atoms. The van der Waals surface area contributed by atoms with E-state index in [9.17, 15) is 4.79 Å². The lowest BCUT2D eigenvalue weighted by Crippen LogP contribution is -1.95. The van der Waals surface area contributed by atoms with Gasteiger partial charge in [-0.25, -0.2) is 4.98 Å². The Labute approximate surface area is 105 Å². The summed E-state index contributed by atoms with van der Waals surface area (Å²) >= 11 is 0. The van der Waals surface area contributed by atoms with Gasteiger partial charge in [-0.15, -0.1) is 0 Å². The second kappa shape index (κ2) is 4.91. The summed E-state index contributed by atoms with van der Waals surface area (Å²) < 4.78 is 10.5. The number of aromatic amines is 1. The van der Waals surface area contributed by atoms with Gasteiger partial charge < -0.3 is 14.5 Å². The third-order valence-corrected chi connectivity index (χ3v) is 2.77. The molecule has 0 aliphatic heterocycles. The Morgan fingerprint density at radius 1 is 1.22 bits per heavy atom. The van der Waals surface area contributed by atoms with Gasteiger partial charge in [-0.1, -0.05) is 0 Å². The molecule has 0 radical (unpaired) electrons. The number of H-pyrrole nitrogens is 1. The maximum atomic E-state index is 10.9. The quantitative estimate of drug-likeness (QED) is 0.840. The molecule has 2 aromatic rings. The van der Waals surface area contributed by atoms with E-state index in [1.165, 1.54) is 6.33 Å². The number of hydrogen-bond acceptors (Lipinski definition) is 4. The highest BCUT2D eigenvalue weighted by atomic mass is 16.5. The van der Waals surface area contributed by atoms with Crippen LogP contribution in [0.15, 0.2) is 18.5 Å². The number of carbonyl (C=O) groups excluding carboxylic acids is 1. The number of nitrogens with one attached hydrogen (secondary N) is 1. The monoisotopic (exact) mass is 246 g/mol. The molecule has 18 heavy (non-hydrogen) atoms. The van der Waals surface area contributed by atoms with Crippen molar-refractivity contribution in [3.63, 3.8) is 0 Å². The molecule has 0 bridgehead atoms. The van der Waals surface area contributed by atoms with Crippen LogP contribution in [0.5, 0.6) is 11.5 Å². The van der Waals surface area contributed by atoms with Crippen molar-refractivity contribution in [1.82, 2.24) is 9.97 Å². The topological polar surface area (TPSA) is 64.2 Å². The van der Waals surface area contributed by atoms with E-state index in [4.69, 9.17) is 9.47 Å². The number of imidazole rings is 1. The van der Waals surface area contributed by atoms with Gasteiger partial charge in [0.2, 0.25) is 0 Å². The van der Waals surface area contributed by atoms with Crippen molar-refractivity contribution in [3.8, 4) is 22.8 Å². The summed E-state index contributed by atoms with van der Waals surface area (Å²) in [7, 11) is 3.16. The second-order valence-corrected chi connectivity index (χ2v) is 3.80. The lowest BCUT2D eigenvalue weighted by atomic mass is 10.0. The molecule has 1 aromatic heterocycles. The molecule has 1 aromatic carbocycles. The second-order valence-electron chi connectivity index (χ2n) is 3.80. The average Bonchev–Trinajstić information content (AvgIpc) is 2.86. The summed E-state index contributed by atoms with van der Waals surface area (Å²) in [6, 6.07) is 3.68. The highest BCUT2D eigenvalue weighted by Gasteiger charge is 2.14. The van der Waals surface area contributed by atoms with Crippen LogP contribution in [-0.4, -0.2) is 30.5 Å². The number of aldehydes is 1. The summed E-state index contributed by atoms with van der Waals surface area (Å²) in [5.41, 5.74) is 2.87. The summed E-state index contributed by atoms with van der Waals surface area (Å²) in [5.74, 6) is 1.26. The summed E-state index contributed by atoms with van der Waals surface area (Å²) in [6.07, 6.45) is 2.24. The van der Waals surface area contributed by atoms with E-state index in [0.29, 0.717) is 22.9 Å². The molecule has 1 heterocycles. The number of rotatable bonds is 4. The Hall–Kier alpha value is -2.30. The Morgan fingerprint density at radius 3 is 2.50 bits per heavy atom. The highest BCUT2D eigenvalue weighted by Crippen LogP contribution is 2.35. The third-order valence-electron chi connectivity index (χ3n) is 2.77. The molecule has 0 amide bonds. The van der Waals surface area contributed by atoms with Gasteiger partial charge in [0.05, 0.1) is 26.2 Å². The number of aromatic nitrogens is 2. The first-order chi connectivity index (χ1) is 8.71. The maximum absolute atomic E-state index is 10.9. The lowest BCUT2D eigenvalue weighted by Gasteiger charge is -2.11. The van der Waals surface area contributed by atoms with Crippen LogP contribution < -0.4 is 9.47 Å². The summed E-state index contributed by atoms with van der Waals surface area (Å²) in [4.78, 5) is 17.9. The molecular formula is C13H14N2O3. The predicted octanol–water partition coefficient (Wildman–Crippen LogP) is 2.21. The lowest BCUT2D eigenvalue weighted by molar-refractivity contribution is 0.112. The minimum Gasteiger partial charge on any atom is -0.493 e. The maximum Gasteiger partial charge on any atom is 0.168 e. The van der Waals surface area contributed by atoms with E-state index in [1.807, 2.05) is 19.1 Å². The number of aryl methyl sites for hydroxylation is 1. The number of benzene rings is 1. The molecule has 2 rings (SSSR count). The molecule has 0 unspecified atom stereocenters. The number of ether oxygens (including phenoxy) is 2. The number of carbonyl (C=O) groups is 1. The third kappa shape index (κ3) is 1.95. The van der Waals surface area contributed by atoms with Gasteiger partial charge >= 0.3 is 0 Å². The smallest absolute Gasteiger partial charge is 0.168 e. The minimum atomic E-state index is 0.449. The molecule has 1 N–H and O–H groups in total. The van der Waals surface area contributed by atoms with Crippen molar-refractivity contribution in [2.24, 2.45) is 0 Å². The van der Waals surface area contributed by atoms with Crippen LogP contribution in [0, 0.1) is 6.92 Å². The van der Waals surface area contributed by atoms with Crippen LogP contribution in [-0.2, 0) is 0 Å². The largest absolute Gasteiger partial charge is 0.493 e. The van der Waals surface area contributed by atoms with Crippen LogP contribution in [0.25, 0.3) is 11.3 Å². The van der Waals surface area contributed by atoms with E-state index < -0.39 is 0 Å². The predicted molar refractivity (Wildman–Crippen MR) is 67.3 cm³/mol. The molecule has 94 valence electrons. The van der Waals surface area contributed by atoms with Gasteiger partial charge in [0.25, 0.3) is 0 Å². The summed E-state index contributed by atoms with van der Waals surface area (Å²) in [6.45, 7) is 1.93. The molecule has 0 aliphatic rings. The normalized spacial score (nSPS) is 10.2. The van der Waals surface area contributed by atoms with Crippen LogP contribution in [0.4, 0.5) is 0 Å². The first-order valence-corrected chi connectivity index (χ1v) is 5.42. The zero-order valence-corrected chi connectivity index (χ0v) is 10.5. The zero-order chi connectivity index (χ0) is 13.1. The highest BCUT2D eigenvalue weighted by molar-refractivity contribution is 5.85. The molecule has 0 saturated heterocycles. The summed E-state index contributed by atoms with van der Waals surface area (Å²) in [5, 5.41) is 0. The first-order valence-electron chi connectivity index (χ1n) is 5.42. The van der Waals surface area contributed by atoms with Gasteiger partial charge in [-0.05, 0) is 24.6 Å². The van der Waals surface area contributed by atoms with Crippen LogP contribution >= 0.6 is 0 Å². The molecule has 0 aliphatic carbocycles. The van der Waals surface area contributed by atoms with E-state index in [1.54, 1.807) is 14.2 Å². The molecule has 0 atom stereocenters. The van der Waals surface area contributed by atoms with Gasteiger partial charge in [0, 0.05) is 5.56 Å². The van der Waals surface area contributed by atoms with Crippen molar-refractivity contribution in [1.29, 1.82) is 0 Å². The van der Waals surface area contributed by atoms with Crippen LogP contribution in [0.2, 0.25) is 0 Å². The van der Waals surface area contributed by atoms with Gasteiger partial charge in [-0.2, -0.15) is 0 Å². The Kier molecular flexibility index (Phi) is 3.32. The van der Waals surface area contributed by atoms with Crippen LogP contribution in [0.1, 0.15) is 16.1 Å². The fourth-order valence-electron chi connectivity index (χ4n) is 1.84. The van der Waals surface area contributed by atoms with E-state index in [0.717, 1.165) is 17.4 Å². The molecule has 0 saturated carbocycles. The van der Waals surface area contributed by atoms with Crippen molar-refractivity contribution in [2.75, 3.05) is 14.2 Å². The molecule has 5 nitrogen and oxygen atoms in total. The molecule has 0 fully saturated rings. The Bertz CT molecular complexity index is 576.